The summed E-state index contributed by atoms with van der Waals surface area (Å²) in [6.45, 7) is 28.2. The van der Waals surface area contributed by atoms with Crippen LogP contribution in [0.2, 0.25) is 0 Å². The van der Waals surface area contributed by atoms with Crippen LogP contribution in [0.1, 0.15) is 106 Å². The molecule has 4 heteroatoms. The Labute approximate surface area is 426 Å². The predicted molar refractivity (Wildman–Crippen MR) is 298 cm³/mol. The molecule has 0 aliphatic heterocycles. The monoisotopic (exact) mass is 944 g/mol. The van der Waals surface area contributed by atoms with Crippen molar-refractivity contribution in [1.82, 2.24) is 0 Å². The van der Waals surface area contributed by atoms with Crippen LogP contribution in [0.4, 0.5) is 0 Å². The molecule has 8 aromatic rings. The first-order valence-corrected chi connectivity index (χ1v) is 24.7. The van der Waals surface area contributed by atoms with Gasteiger partial charge in [-0.2, -0.15) is 0 Å². The molecule has 4 nitrogen and oxygen atoms in total. The van der Waals surface area contributed by atoms with Crippen LogP contribution in [-0.4, -0.2) is 20.4 Å². The average molecular weight is 945 g/mol. The minimum Gasteiger partial charge on any atom is -0.508 e. The summed E-state index contributed by atoms with van der Waals surface area (Å²) in [6.07, 6.45) is 2.43. The number of aromatic hydroxyl groups is 4. The van der Waals surface area contributed by atoms with Crippen molar-refractivity contribution >= 4 is 0 Å². The highest BCUT2D eigenvalue weighted by molar-refractivity contribution is 5.88. The van der Waals surface area contributed by atoms with Crippen LogP contribution < -0.4 is 0 Å². The molecule has 0 radical (unpaired) electrons. The molecular formula is C68H64O4. The molecule has 0 atom stereocenters. The first kappa shape index (κ1) is 48.9. The molecule has 360 valence electrons. The van der Waals surface area contributed by atoms with Gasteiger partial charge in [0.1, 0.15) is 23.0 Å². The molecule has 0 heterocycles. The molecule has 10 rings (SSSR count). The largest absolute Gasteiger partial charge is 0.508 e. The van der Waals surface area contributed by atoms with Gasteiger partial charge < -0.3 is 20.4 Å². The lowest BCUT2D eigenvalue weighted by Crippen LogP contribution is -2.29. The molecule has 0 saturated heterocycles. The average Bonchev–Trinajstić information content (AvgIpc) is 3.82. The molecule has 0 bridgehead atoms. The van der Waals surface area contributed by atoms with Crippen molar-refractivity contribution in [2.75, 3.05) is 0 Å². The molecular weight excluding hydrogens is 881 g/mol. The van der Waals surface area contributed by atoms with Crippen molar-refractivity contribution in [1.29, 1.82) is 0 Å². The zero-order valence-electron chi connectivity index (χ0n) is 42.5. The van der Waals surface area contributed by atoms with E-state index in [0.717, 1.165) is 77.9 Å². The number of hydrogen-bond acceptors (Lipinski definition) is 4. The van der Waals surface area contributed by atoms with Gasteiger partial charge >= 0.3 is 0 Å². The highest BCUT2D eigenvalue weighted by Gasteiger charge is 2.48. The Morgan fingerprint density at radius 1 is 0.347 bits per heavy atom. The number of hydrogen-bond donors (Lipinski definition) is 4. The number of allylic oxidation sites excluding steroid dienone is 4. The summed E-state index contributed by atoms with van der Waals surface area (Å²) in [5.41, 5.74) is 21.9. The SMILES string of the molecule is C=C(C)Cc1cc(C2(c3cc(C)c(O)c(CC(=C)C)c3)c3ccccc3-c3ccccc32)cc(C)c1O.C=C(C)Cc1cc(C2(c3ccc(O)c(CC(=C)C)c3)c3ccccc3-c3ccccc32)ccc1O. The molecule has 0 saturated carbocycles. The van der Waals surface area contributed by atoms with Crippen LogP contribution in [0.15, 0.2) is 206 Å². The quantitative estimate of drug-likeness (QED) is 0.0920. The fourth-order valence-electron chi connectivity index (χ4n) is 11.7. The first-order valence-electron chi connectivity index (χ1n) is 24.7. The number of aryl methyl sites for hydroxylation is 2. The van der Waals surface area contributed by atoms with Gasteiger partial charge in [0.25, 0.3) is 0 Å². The van der Waals surface area contributed by atoms with Gasteiger partial charge in [0, 0.05) is 0 Å². The lowest BCUT2D eigenvalue weighted by Gasteiger charge is -2.35. The lowest BCUT2D eigenvalue weighted by molar-refractivity contribution is 0.463. The maximum atomic E-state index is 11.0. The van der Waals surface area contributed by atoms with E-state index in [4.69, 9.17) is 0 Å². The van der Waals surface area contributed by atoms with E-state index in [0.29, 0.717) is 37.2 Å². The Morgan fingerprint density at radius 2 is 0.611 bits per heavy atom. The topological polar surface area (TPSA) is 80.9 Å². The molecule has 2 aliphatic carbocycles. The van der Waals surface area contributed by atoms with E-state index in [1.165, 1.54) is 44.5 Å². The number of benzene rings is 8. The summed E-state index contributed by atoms with van der Waals surface area (Å²) < 4.78 is 0. The lowest BCUT2D eigenvalue weighted by atomic mass is 9.66. The third-order valence-corrected chi connectivity index (χ3v) is 14.5. The van der Waals surface area contributed by atoms with Crippen LogP contribution in [0.25, 0.3) is 22.3 Å². The van der Waals surface area contributed by atoms with Gasteiger partial charge in [0.2, 0.25) is 0 Å². The second kappa shape index (κ2) is 19.3. The van der Waals surface area contributed by atoms with Crippen molar-refractivity contribution in [3.05, 3.63) is 284 Å². The van der Waals surface area contributed by atoms with Crippen molar-refractivity contribution in [2.45, 2.75) is 78.1 Å². The number of phenolic OH excluding ortho intramolecular Hbond substituents is 4. The van der Waals surface area contributed by atoms with Gasteiger partial charge in [-0.3, -0.25) is 0 Å². The summed E-state index contributed by atoms with van der Waals surface area (Å²) in [4.78, 5) is 0. The van der Waals surface area contributed by atoms with Crippen LogP contribution in [-0.2, 0) is 36.5 Å². The highest BCUT2D eigenvalue weighted by Crippen LogP contribution is 2.59. The van der Waals surface area contributed by atoms with E-state index in [1.54, 1.807) is 12.1 Å². The van der Waals surface area contributed by atoms with Crippen LogP contribution in [0.3, 0.4) is 0 Å². The fraction of sp³-hybridized carbons (Fsp3) is 0.176. The number of phenols is 4. The summed E-state index contributed by atoms with van der Waals surface area (Å²) in [5, 5.41) is 43.3. The summed E-state index contributed by atoms with van der Waals surface area (Å²) >= 11 is 0. The molecule has 0 unspecified atom stereocenters. The summed E-state index contributed by atoms with van der Waals surface area (Å²) in [5.74, 6) is 1.21. The second-order valence-electron chi connectivity index (χ2n) is 20.5. The predicted octanol–water partition coefficient (Wildman–Crippen LogP) is 16.0. The minimum atomic E-state index is -0.613. The maximum Gasteiger partial charge on any atom is 0.122 e. The molecule has 8 aromatic carbocycles. The van der Waals surface area contributed by atoms with Crippen LogP contribution in [0.5, 0.6) is 23.0 Å². The van der Waals surface area contributed by atoms with Gasteiger partial charge in [-0.1, -0.05) is 194 Å². The Hall–Kier alpha value is -8.08. The van der Waals surface area contributed by atoms with Crippen molar-refractivity contribution in [3.8, 4) is 45.3 Å². The molecule has 0 fully saturated rings. The minimum absolute atomic E-state index is 0.278. The number of fused-ring (bicyclic) bond motifs is 6. The molecule has 4 N–H and O–H groups in total. The summed E-state index contributed by atoms with van der Waals surface area (Å²) in [7, 11) is 0. The molecule has 0 spiro atoms. The van der Waals surface area contributed by atoms with Gasteiger partial charge in [0.15, 0.2) is 0 Å². The Balaban J connectivity index is 0.000000178. The van der Waals surface area contributed by atoms with Gasteiger partial charge in [-0.25, -0.2) is 0 Å². The van der Waals surface area contributed by atoms with E-state index < -0.39 is 10.8 Å². The van der Waals surface area contributed by atoms with Crippen molar-refractivity contribution < 1.29 is 20.4 Å². The third-order valence-electron chi connectivity index (χ3n) is 14.5. The smallest absolute Gasteiger partial charge is 0.122 e. The van der Waals surface area contributed by atoms with Crippen molar-refractivity contribution in [2.24, 2.45) is 0 Å². The second-order valence-corrected chi connectivity index (χ2v) is 20.5. The van der Waals surface area contributed by atoms with Gasteiger partial charge in [-0.05, 0) is 180 Å². The fourth-order valence-corrected chi connectivity index (χ4v) is 11.7. The summed E-state index contributed by atoms with van der Waals surface area (Å²) in [6, 6.07) is 54.8. The first-order chi connectivity index (χ1) is 34.5. The Bertz CT molecular complexity index is 3280. The zero-order chi connectivity index (χ0) is 51.2. The number of rotatable bonds is 12. The molecule has 0 aromatic heterocycles. The van der Waals surface area contributed by atoms with E-state index in [-0.39, 0.29) is 11.5 Å². The van der Waals surface area contributed by atoms with Crippen LogP contribution >= 0.6 is 0 Å². The molecule has 0 amide bonds. The molecule has 2 aliphatic rings. The van der Waals surface area contributed by atoms with E-state index >= 15 is 0 Å². The normalized spacial score (nSPS) is 13.2. The highest BCUT2D eigenvalue weighted by atomic mass is 16.3. The Morgan fingerprint density at radius 3 is 0.917 bits per heavy atom. The molecule has 72 heavy (non-hydrogen) atoms. The van der Waals surface area contributed by atoms with Gasteiger partial charge in [-0.15, -0.1) is 0 Å². The Kier molecular flexibility index (Phi) is 13.1. The standard InChI is InChI=1S/C35H34O2.C33H30O2/c1-21(2)15-25-19-27(17-23(5)33(25)36)35(28-18-24(6)34(37)26(20-28)16-22(3)4)31-13-9-7-11-29(31)30-12-8-10-14-32(30)35;1-21(2)17-23-19-25(13-15-31(23)34)33(26-14-16-32(35)24(20-26)18-22(3)4)29-11-7-5-9-27(29)28-10-6-8-12-30(28)33/h7-14,17-20,36-37H,1,3,15-16H2,2,4-6H3;5-16,19-20,34-35H,1,3,17-18H2,2,4H3. The maximum absolute atomic E-state index is 11.0. The van der Waals surface area contributed by atoms with Crippen LogP contribution in [0, 0.1) is 13.8 Å². The van der Waals surface area contributed by atoms with E-state index in [2.05, 4.69) is 160 Å². The van der Waals surface area contributed by atoms with E-state index in [9.17, 15) is 20.4 Å². The zero-order valence-corrected chi connectivity index (χ0v) is 42.5. The third kappa shape index (κ3) is 8.35. The van der Waals surface area contributed by atoms with Crippen molar-refractivity contribution in [3.63, 3.8) is 0 Å². The van der Waals surface area contributed by atoms with E-state index in [1.807, 2.05) is 53.7 Å². The van der Waals surface area contributed by atoms with Gasteiger partial charge in [0.05, 0.1) is 10.8 Å².